The minimum atomic E-state index is -2.39. The predicted molar refractivity (Wildman–Crippen MR) is 70.6 cm³/mol. The highest BCUT2D eigenvalue weighted by Gasteiger charge is 2.06. The third kappa shape index (κ3) is 5.84. The van der Waals surface area contributed by atoms with Crippen LogP contribution in [0, 0.1) is 0 Å². The van der Waals surface area contributed by atoms with Crippen molar-refractivity contribution in [1.82, 2.24) is 5.32 Å². The van der Waals surface area contributed by atoms with Crippen LogP contribution in [-0.4, -0.2) is 18.1 Å². The van der Waals surface area contributed by atoms with Gasteiger partial charge < -0.3 is 5.32 Å². The molecule has 17 heavy (non-hydrogen) atoms. The van der Waals surface area contributed by atoms with E-state index in [0.717, 1.165) is 23.6 Å². The van der Waals surface area contributed by atoms with E-state index in [-0.39, 0.29) is 5.56 Å². The highest BCUT2D eigenvalue weighted by molar-refractivity contribution is 7.99. The molecule has 0 spiro atoms. The molecule has 0 aliphatic carbocycles. The van der Waals surface area contributed by atoms with E-state index in [1.165, 1.54) is 6.07 Å². The lowest BCUT2D eigenvalue weighted by Crippen LogP contribution is -2.16. The number of hydrogen-bond acceptors (Lipinski definition) is 2. The first-order valence-electron chi connectivity index (χ1n) is 5.50. The summed E-state index contributed by atoms with van der Waals surface area (Å²) in [6, 6.07) is 6.53. The molecular formula is C13H17F2NS. The van der Waals surface area contributed by atoms with Crippen molar-refractivity contribution >= 4 is 11.8 Å². The molecule has 0 aromatic heterocycles. The molecule has 0 saturated carbocycles. The Morgan fingerprint density at radius 3 is 2.94 bits per heavy atom. The molecule has 1 nitrogen and oxygen atoms in total. The van der Waals surface area contributed by atoms with Crippen molar-refractivity contribution in [1.29, 1.82) is 0 Å². The van der Waals surface area contributed by atoms with Crippen molar-refractivity contribution < 1.29 is 8.78 Å². The third-order valence-electron chi connectivity index (χ3n) is 2.19. The van der Waals surface area contributed by atoms with Gasteiger partial charge in [-0.3, -0.25) is 0 Å². The second-order valence-electron chi connectivity index (χ2n) is 3.59. The first-order valence-corrected chi connectivity index (χ1v) is 6.66. The molecule has 0 fully saturated rings. The van der Waals surface area contributed by atoms with Crippen molar-refractivity contribution in [2.24, 2.45) is 0 Å². The molecule has 1 N–H and O–H groups in total. The maximum atomic E-state index is 12.4. The fraction of sp³-hybridized carbons (Fsp3) is 0.385. The van der Waals surface area contributed by atoms with E-state index in [4.69, 9.17) is 0 Å². The summed E-state index contributed by atoms with van der Waals surface area (Å²) < 4.78 is 24.9. The zero-order valence-electron chi connectivity index (χ0n) is 9.66. The summed E-state index contributed by atoms with van der Waals surface area (Å²) in [5.41, 5.74) is 0.988. The average Bonchev–Trinajstić information content (AvgIpc) is 2.34. The number of alkyl halides is 2. The Hall–Kier alpha value is -0.870. The van der Waals surface area contributed by atoms with Gasteiger partial charge >= 0.3 is 0 Å². The Bertz CT molecular complexity index is 342. The summed E-state index contributed by atoms with van der Waals surface area (Å²) in [6.07, 6.45) is -0.519. The smallest absolute Gasteiger partial charge is 0.263 e. The van der Waals surface area contributed by atoms with Crippen LogP contribution < -0.4 is 5.32 Å². The maximum absolute atomic E-state index is 12.4. The maximum Gasteiger partial charge on any atom is 0.263 e. The van der Waals surface area contributed by atoms with Crippen LogP contribution in [0.1, 0.15) is 17.6 Å². The molecule has 0 radical (unpaired) electrons. The zero-order chi connectivity index (χ0) is 12.5. The fourth-order valence-electron chi connectivity index (χ4n) is 1.38. The van der Waals surface area contributed by atoms with E-state index in [1.807, 2.05) is 12.1 Å². The van der Waals surface area contributed by atoms with Crippen molar-refractivity contribution in [3.63, 3.8) is 0 Å². The Kier molecular flexibility index (Phi) is 6.89. The summed E-state index contributed by atoms with van der Waals surface area (Å²) in [6.45, 7) is 5.15. The van der Waals surface area contributed by atoms with Crippen LogP contribution in [0.4, 0.5) is 8.78 Å². The molecule has 0 saturated heterocycles. The molecule has 0 atom stereocenters. The standard InChI is InChI=1S/C13H17F2NS/c1-2-7-17-8-6-16-10-11-4-3-5-12(9-11)13(14)15/h2-5,9,13,16H,1,6-8,10H2. The van der Waals surface area contributed by atoms with Gasteiger partial charge in [0.2, 0.25) is 0 Å². The van der Waals surface area contributed by atoms with Crippen molar-refractivity contribution in [3.05, 3.63) is 48.0 Å². The normalized spacial score (nSPS) is 10.8. The van der Waals surface area contributed by atoms with Crippen molar-refractivity contribution in [3.8, 4) is 0 Å². The van der Waals surface area contributed by atoms with Crippen molar-refractivity contribution in [2.45, 2.75) is 13.0 Å². The lowest BCUT2D eigenvalue weighted by molar-refractivity contribution is 0.151. The van der Waals surface area contributed by atoms with E-state index in [1.54, 1.807) is 23.9 Å². The van der Waals surface area contributed by atoms with Gasteiger partial charge in [0.1, 0.15) is 0 Å². The minimum absolute atomic E-state index is 0.0883. The summed E-state index contributed by atoms with van der Waals surface area (Å²) in [4.78, 5) is 0. The molecule has 0 amide bonds. The number of benzene rings is 1. The highest BCUT2D eigenvalue weighted by atomic mass is 32.2. The first-order chi connectivity index (χ1) is 8.24. The van der Waals surface area contributed by atoms with Gasteiger partial charge in [-0.05, 0) is 11.6 Å². The fourth-order valence-corrected chi connectivity index (χ4v) is 2.00. The Morgan fingerprint density at radius 1 is 1.41 bits per heavy atom. The highest BCUT2D eigenvalue weighted by Crippen LogP contribution is 2.19. The number of thioether (sulfide) groups is 1. The molecule has 1 aromatic carbocycles. The van der Waals surface area contributed by atoms with Gasteiger partial charge in [0.15, 0.2) is 0 Å². The predicted octanol–water partition coefficient (Wildman–Crippen LogP) is 3.63. The summed E-state index contributed by atoms with van der Waals surface area (Å²) in [5, 5.41) is 3.23. The van der Waals surface area contributed by atoms with E-state index < -0.39 is 6.43 Å². The SMILES string of the molecule is C=CCSCCNCc1cccc(C(F)F)c1. The van der Waals surface area contributed by atoms with Gasteiger partial charge in [-0.2, -0.15) is 11.8 Å². The molecule has 0 unspecified atom stereocenters. The molecule has 1 rings (SSSR count). The van der Waals surface area contributed by atoms with Crippen LogP contribution in [0.15, 0.2) is 36.9 Å². The number of halogens is 2. The van der Waals surface area contributed by atoms with Gasteiger partial charge in [-0.25, -0.2) is 8.78 Å². The van der Waals surface area contributed by atoms with E-state index >= 15 is 0 Å². The number of rotatable bonds is 8. The third-order valence-corrected chi connectivity index (χ3v) is 3.16. The number of nitrogens with one attached hydrogen (secondary N) is 1. The van der Waals surface area contributed by atoms with Gasteiger partial charge in [-0.15, -0.1) is 6.58 Å². The van der Waals surface area contributed by atoms with Gasteiger partial charge in [0.05, 0.1) is 0 Å². The minimum Gasteiger partial charge on any atom is -0.312 e. The molecular weight excluding hydrogens is 240 g/mol. The van der Waals surface area contributed by atoms with Crippen molar-refractivity contribution in [2.75, 3.05) is 18.1 Å². The molecule has 0 heterocycles. The largest absolute Gasteiger partial charge is 0.312 e. The van der Waals surface area contributed by atoms with Gasteiger partial charge in [0.25, 0.3) is 6.43 Å². The van der Waals surface area contributed by atoms with Crippen LogP contribution in [0.3, 0.4) is 0 Å². The van der Waals surface area contributed by atoms with Crippen LogP contribution in [0.25, 0.3) is 0 Å². The number of hydrogen-bond donors (Lipinski definition) is 1. The quantitative estimate of drug-likeness (QED) is 0.564. The van der Waals surface area contributed by atoms with E-state index in [2.05, 4.69) is 11.9 Å². The molecule has 0 aliphatic heterocycles. The van der Waals surface area contributed by atoms with Gasteiger partial charge in [0, 0.05) is 30.2 Å². The monoisotopic (exact) mass is 257 g/mol. The summed E-state index contributed by atoms with van der Waals surface area (Å²) in [5.74, 6) is 1.95. The average molecular weight is 257 g/mol. The molecule has 0 bridgehead atoms. The molecule has 94 valence electrons. The summed E-state index contributed by atoms with van der Waals surface area (Å²) in [7, 11) is 0. The molecule has 0 aliphatic rings. The topological polar surface area (TPSA) is 12.0 Å². The second-order valence-corrected chi connectivity index (χ2v) is 4.74. The Morgan fingerprint density at radius 2 is 2.24 bits per heavy atom. The van der Waals surface area contributed by atoms with Crippen LogP contribution in [0.5, 0.6) is 0 Å². The van der Waals surface area contributed by atoms with Crippen LogP contribution in [0.2, 0.25) is 0 Å². The van der Waals surface area contributed by atoms with Gasteiger partial charge in [-0.1, -0.05) is 24.3 Å². The lowest BCUT2D eigenvalue weighted by Gasteiger charge is -2.06. The van der Waals surface area contributed by atoms with E-state index in [9.17, 15) is 8.78 Å². The molecule has 4 heteroatoms. The zero-order valence-corrected chi connectivity index (χ0v) is 10.5. The first kappa shape index (κ1) is 14.2. The van der Waals surface area contributed by atoms with Crippen LogP contribution >= 0.6 is 11.8 Å². The van der Waals surface area contributed by atoms with Crippen LogP contribution in [-0.2, 0) is 6.54 Å². The Labute approximate surface area is 105 Å². The van der Waals surface area contributed by atoms with E-state index in [0.29, 0.717) is 6.54 Å². The Balaban J connectivity index is 2.26. The lowest BCUT2D eigenvalue weighted by atomic mass is 10.1. The summed E-state index contributed by atoms with van der Waals surface area (Å²) >= 11 is 1.80. The molecule has 1 aromatic rings. The second kappa shape index (κ2) is 8.25.